The van der Waals surface area contributed by atoms with Crippen LogP contribution in [-0.4, -0.2) is 29.6 Å². The average molecular weight is 417 g/mol. The van der Waals surface area contributed by atoms with E-state index in [1.807, 2.05) is 25.1 Å². The Hall–Kier alpha value is -3.16. The third kappa shape index (κ3) is 4.87. The number of fused-ring (bicyclic) bond motifs is 1. The van der Waals surface area contributed by atoms with Crippen molar-refractivity contribution in [2.75, 3.05) is 13.7 Å². The number of ether oxygens (including phenoxy) is 2. The lowest BCUT2D eigenvalue weighted by molar-refractivity contribution is 0.0940. The zero-order valence-corrected chi connectivity index (χ0v) is 17.3. The van der Waals surface area contributed by atoms with Gasteiger partial charge in [0.1, 0.15) is 0 Å². The van der Waals surface area contributed by atoms with Gasteiger partial charge in [0.2, 0.25) is 0 Å². The highest BCUT2D eigenvalue weighted by molar-refractivity contribution is 5.97. The Morgan fingerprint density at radius 1 is 1.13 bits per heavy atom. The third-order valence-electron chi connectivity index (χ3n) is 4.58. The lowest BCUT2D eigenvalue weighted by Gasteiger charge is -2.18. The van der Waals surface area contributed by atoms with Crippen LogP contribution in [0.25, 0.3) is 11.0 Å². The molecule has 160 valence electrons. The molecule has 1 atom stereocenters. The van der Waals surface area contributed by atoms with Crippen LogP contribution in [0, 0.1) is 5.92 Å². The molecule has 1 heterocycles. The number of amides is 1. The molecule has 2 aromatic carbocycles. The van der Waals surface area contributed by atoms with Crippen molar-refractivity contribution in [1.82, 2.24) is 15.3 Å². The van der Waals surface area contributed by atoms with Gasteiger partial charge in [-0.15, -0.1) is 0 Å². The van der Waals surface area contributed by atoms with Crippen LogP contribution < -0.4 is 14.8 Å². The largest absolute Gasteiger partial charge is 0.493 e. The smallest absolute Gasteiger partial charge is 0.295 e. The summed E-state index contributed by atoms with van der Waals surface area (Å²) in [6.45, 7) is 6.55. The van der Waals surface area contributed by atoms with Crippen molar-refractivity contribution in [2.24, 2.45) is 5.92 Å². The van der Waals surface area contributed by atoms with Crippen LogP contribution in [0.1, 0.15) is 55.0 Å². The van der Waals surface area contributed by atoms with Gasteiger partial charge in [-0.25, -0.2) is 13.8 Å². The van der Waals surface area contributed by atoms with E-state index in [4.69, 9.17) is 9.47 Å². The second-order valence-corrected chi connectivity index (χ2v) is 7.46. The summed E-state index contributed by atoms with van der Waals surface area (Å²) in [5, 5.41) is 2.91. The van der Waals surface area contributed by atoms with E-state index in [-0.39, 0.29) is 11.9 Å². The van der Waals surface area contributed by atoms with Gasteiger partial charge in [0.25, 0.3) is 12.3 Å². The number of alkyl halides is 2. The molecule has 0 aliphatic rings. The number of hydrogen-bond acceptors (Lipinski definition) is 4. The molecule has 1 aromatic heterocycles. The Labute approximate surface area is 173 Å². The van der Waals surface area contributed by atoms with E-state index >= 15 is 0 Å². The van der Waals surface area contributed by atoms with Gasteiger partial charge < -0.3 is 19.8 Å². The van der Waals surface area contributed by atoms with Crippen LogP contribution in [0.5, 0.6) is 11.5 Å². The van der Waals surface area contributed by atoms with Gasteiger partial charge in [0.15, 0.2) is 17.3 Å². The van der Waals surface area contributed by atoms with Crippen LogP contribution in [-0.2, 0) is 0 Å². The third-order valence-corrected chi connectivity index (χ3v) is 4.58. The molecule has 30 heavy (non-hydrogen) atoms. The van der Waals surface area contributed by atoms with E-state index < -0.39 is 12.2 Å². The van der Waals surface area contributed by atoms with E-state index in [0.29, 0.717) is 40.6 Å². The quantitative estimate of drug-likeness (QED) is 0.539. The fraction of sp³-hybridized carbons (Fsp3) is 0.364. The number of halogens is 2. The van der Waals surface area contributed by atoms with E-state index in [1.54, 1.807) is 19.2 Å². The van der Waals surface area contributed by atoms with Gasteiger partial charge >= 0.3 is 0 Å². The van der Waals surface area contributed by atoms with Gasteiger partial charge in [-0.3, -0.25) is 4.79 Å². The number of nitrogens with one attached hydrogen (secondary N) is 2. The van der Waals surface area contributed by atoms with E-state index in [1.165, 1.54) is 6.07 Å². The van der Waals surface area contributed by atoms with Gasteiger partial charge in [-0.2, -0.15) is 0 Å². The van der Waals surface area contributed by atoms with Crippen LogP contribution in [0.2, 0.25) is 0 Å². The van der Waals surface area contributed by atoms with Crippen LogP contribution in [0.3, 0.4) is 0 Å². The SMILES string of the molecule is COc1cc(C(C)NC(=O)c2ccc3nc(C(F)F)[nH]c3c2)ccc1OCC(C)C. The molecule has 1 amide bonds. The summed E-state index contributed by atoms with van der Waals surface area (Å²) in [6.07, 6.45) is -2.70. The molecular formula is C22H25F2N3O3. The van der Waals surface area contributed by atoms with Crippen LogP contribution in [0.15, 0.2) is 36.4 Å². The first kappa shape index (κ1) is 21.5. The van der Waals surface area contributed by atoms with Crippen molar-refractivity contribution in [3.8, 4) is 11.5 Å². The molecule has 1 unspecified atom stereocenters. The summed E-state index contributed by atoms with van der Waals surface area (Å²) in [5.74, 6) is 0.886. The summed E-state index contributed by atoms with van der Waals surface area (Å²) < 4.78 is 36.8. The highest BCUT2D eigenvalue weighted by Gasteiger charge is 2.17. The molecule has 2 N–H and O–H groups in total. The maximum atomic E-state index is 12.8. The average Bonchev–Trinajstić information content (AvgIpc) is 3.15. The molecule has 0 bridgehead atoms. The highest BCUT2D eigenvalue weighted by atomic mass is 19.3. The van der Waals surface area contributed by atoms with Gasteiger partial charge in [0.05, 0.1) is 30.8 Å². The predicted octanol–water partition coefficient (Wildman–Crippen LogP) is 5.03. The lowest BCUT2D eigenvalue weighted by atomic mass is 10.1. The number of hydrogen-bond donors (Lipinski definition) is 2. The molecule has 0 spiro atoms. The summed E-state index contributed by atoms with van der Waals surface area (Å²) in [4.78, 5) is 19.0. The lowest BCUT2D eigenvalue weighted by Crippen LogP contribution is -2.26. The first-order valence-electron chi connectivity index (χ1n) is 9.68. The maximum Gasteiger partial charge on any atom is 0.295 e. The van der Waals surface area contributed by atoms with Crippen molar-refractivity contribution < 1.29 is 23.0 Å². The summed E-state index contributed by atoms with van der Waals surface area (Å²) >= 11 is 0. The van der Waals surface area contributed by atoms with Crippen molar-refractivity contribution in [3.05, 3.63) is 53.3 Å². The zero-order chi connectivity index (χ0) is 21.8. The minimum atomic E-state index is -2.70. The number of benzene rings is 2. The van der Waals surface area contributed by atoms with Crippen LogP contribution >= 0.6 is 0 Å². The van der Waals surface area contributed by atoms with Crippen molar-refractivity contribution in [3.63, 3.8) is 0 Å². The van der Waals surface area contributed by atoms with Gasteiger partial charge in [-0.05, 0) is 48.7 Å². The first-order chi connectivity index (χ1) is 14.3. The Morgan fingerprint density at radius 3 is 2.57 bits per heavy atom. The predicted molar refractivity (Wildman–Crippen MR) is 110 cm³/mol. The number of H-pyrrole nitrogens is 1. The van der Waals surface area contributed by atoms with Gasteiger partial charge in [0, 0.05) is 5.56 Å². The number of imidazole rings is 1. The van der Waals surface area contributed by atoms with E-state index in [9.17, 15) is 13.6 Å². The summed E-state index contributed by atoms with van der Waals surface area (Å²) in [6, 6.07) is 9.83. The molecule has 6 nitrogen and oxygen atoms in total. The monoisotopic (exact) mass is 417 g/mol. The zero-order valence-electron chi connectivity index (χ0n) is 17.3. The number of carbonyl (C=O) groups excluding carboxylic acids is 1. The highest BCUT2D eigenvalue weighted by Crippen LogP contribution is 2.31. The topological polar surface area (TPSA) is 76.2 Å². The molecule has 3 rings (SSSR count). The minimum Gasteiger partial charge on any atom is -0.493 e. The summed E-state index contributed by atoms with van der Waals surface area (Å²) in [5.41, 5.74) is 1.97. The Morgan fingerprint density at radius 2 is 1.90 bits per heavy atom. The molecule has 0 radical (unpaired) electrons. The summed E-state index contributed by atoms with van der Waals surface area (Å²) in [7, 11) is 1.57. The number of methoxy groups -OCH3 is 1. The second kappa shape index (κ2) is 9.11. The standard InChI is InChI=1S/C22H25F2N3O3/c1-12(2)11-30-18-8-6-14(10-19(18)29-4)13(3)25-22(28)15-5-7-16-17(9-15)27-21(26-16)20(23)24/h5-10,12-13,20H,11H2,1-4H3,(H,25,28)(H,26,27). The number of aromatic amines is 1. The maximum absolute atomic E-state index is 12.8. The molecule has 3 aromatic rings. The fourth-order valence-electron chi connectivity index (χ4n) is 2.97. The van der Waals surface area contributed by atoms with E-state index in [2.05, 4.69) is 29.1 Å². The molecule has 0 aliphatic carbocycles. The van der Waals surface area contributed by atoms with E-state index in [0.717, 1.165) is 5.56 Å². The second-order valence-electron chi connectivity index (χ2n) is 7.46. The Kier molecular flexibility index (Phi) is 6.54. The van der Waals surface area contributed by atoms with Crippen LogP contribution in [0.4, 0.5) is 8.78 Å². The number of aromatic nitrogens is 2. The van der Waals surface area contributed by atoms with Crippen molar-refractivity contribution in [1.29, 1.82) is 0 Å². The number of nitrogens with zero attached hydrogens (tertiary/aromatic N) is 1. The molecular weight excluding hydrogens is 392 g/mol. The normalized spacial score (nSPS) is 12.4. The van der Waals surface area contributed by atoms with Crippen molar-refractivity contribution in [2.45, 2.75) is 33.2 Å². The molecule has 0 saturated heterocycles. The first-order valence-corrected chi connectivity index (χ1v) is 9.68. The number of rotatable bonds is 8. The molecule has 0 fully saturated rings. The molecule has 8 heteroatoms. The Bertz CT molecular complexity index is 1030. The van der Waals surface area contributed by atoms with Gasteiger partial charge in [-0.1, -0.05) is 19.9 Å². The fourth-order valence-corrected chi connectivity index (χ4v) is 2.97. The van der Waals surface area contributed by atoms with Crippen molar-refractivity contribution >= 4 is 16.9 Å². The molecule has 0 aliphatic heterocycles. The molecule has 0 saturated carbocycles. The number of carbonyl (C=O) groups is 1. The minimum absolute atomic E-state index is 0.306. The Balaban J connectivity index is 1.74.